The van der Waals surface area contributed by atoms with Gasteiger partial charge in [0.2, 0.25) is 17.7 Å². The van der Waals surface area contributed by atoms with Gasteiger partial charge in [0.05, 0.1) is 12.4 Å². The number of carbonyl (C=O) groups excluding carboxylic acids is 3. The average molecular weight is 563 g/mol. The maximum atomic E-state index is 13.6. The predicted octanol–water partition coefficient (Wildman–Crippen LogP) is 1.35. The van der Waals surface area contributed by atoms with Gasteiger partial charge in [0.15, 0.2) is 0 Å². The van der Waals surface area contributed by atoms with Gasteiger partial charge < -0.3 is 31.8 Å². The van der Waals surface area contributed by atoms with Crippen LogP contribution in [0.25, 0.3) is 0 Å². The van der Waals surface area contributed by atoms with Crippen molar-refractivity contribution < 1.29 is 24.3 Å². The van der Waals surface area contributed by atoms with E-state index in [4.69, 9.17) is 5.73 Å². The van der Waals surface area contributed by atoms with Crippen LogP contribution in [0, 0.1) is 5.92 Å². The van der Waals surface area contributed by atoms with Gasteiger partial charge in [0, 0.05) is 24.7 Å². The van der Waals surface area contributed by atoms with Gasteiger partial charge in [-0.15, -0.1) is 0 Å². The number of hydrogen-bond donors (Lipinski definition) is 6. The van der Waals surface area contributed by atoms with Crippen LogP contribution in [0.15, 0.2) is 73.2 Å². The fourth-order valence-electron chi connectivity index (χ4n) is 4.33. The van der Waals surface area contributed by atoms with Crippen molar-refractivity contribution in [3.05, 3.63) is 90.0 Å². The van der Waals surface area contributed by atoms with Crippen molar-refractivity contribution >= 4 is 23.7 Å². The molecule has 218 valence electrons. The molecule has 5 atom stereocenters. The molecule has 3 rings (SSSR count). The molecule has 1 aromatic heterocycles. The van der Waals surface area contributed by atoms with Crippen LogP contribution in [0.4, 0.5) is 0 Å². The second kappa shape index (κ2) is 15.3. The fourth-order valence-corrected chi connectivity index (χ4v) is 4.33. The van der Waals surface area contributed by atoms with Gasteiger partial charge in [-0.25, -0.2) is 9.78 Å². The maximum absolute atomic E-state index is 13.6. The molecule has 41 heavy (non-hydrogen) atoms. The van der Waals surface area contributed by atoms with E-state index in [0.717, 1.165) is 11.1 Å². The molecular weight excluding hydrogens is 524 g/mol. The van der Waals surface area contributed by atoms with Crippen molar-refractivity contribution in [1.29, 1.82) is 0 Å². The molecule has 3 aromatic rings. The third-order valence-corrected chi connectivity index (χ3v) is 6.94. The van der Waals surface area contributed by atoms with E-state index in [9.17, 15) is 24.3 Å². The van der Waals surface area contributed by atoms with Crippen molar-refractivity contribution in [2.75, 3.05) is 0 Å². The van der Waals surface area contributed by atoms with E-state index >= 15 is 0 Å². The molecule has 0 bridgehead atoms. The van der Waals surface area contributed by atoms with Gasteiger partial charge in [0.1, 0.15) is 18.1 Å². The Balaban J connectivity index is 1.76. The lowest BCUT2D eigenvalue weighted by atomic mass is 9.96. The number of carbonyl (C=O) groups is 4. The molecule has 1 heterocycles. The number of aromatic amines is 1. The van der Waals surface area contributed by atoms with Gasteiger partial charge in [-0.05, 0) is 23.5 Å². The standard InChI is InChI=1S/C30H38N6O5/c1-3-19(2)26(29(39)35-25(30(40)41)16-22-17-32-18-33-22)36-28(38)24(15-21-12-8-5-9-13-21)34-27(37)23(31)14-20-10-6-4-7-11-20/h4-13,17-19,23-26H,3,14-16,31H2,1-2H3,(H,32,33)(H,34,37)(H,35,39)(H,36,38)(H,40,41). The van der Waals surface area contributed by atoms with Gasteiger partial charge >= 0.3 is 5.97 Å². The Morgan fingerprint density at radius 1 is 0.829 bits per heavy atom. The van der Waals surface area contributed by atoms with E-state index < -0.39 is 47.9 Å². The van der Waals surface area contributed by atoms with Crippen molar-refractivity contribution in [3.63, 3.8) is 0 Å². The number of carboxylic acids is 1. The van der Waals surface area contributed by atoms with Crippen LogP contribution < -0.4 is 21.7 Å². The summed E-state index contributed by atoms with van der Waals surface area (Å²) in [5.74, 6) is -3.25. The van der Waals surface area contributed by atoms with E-state index in [2.05, 4.69) is 25.9 Å². The summed E-state index contributed by atoms with van der Waals surface area (Å²) >= 11 is 0. The number of nitrogens with zero attached hydrogens (tertiary/aromatic N) is 1. The summed E-state index contributed by atoms with van der Waals surface area (Å²) in [6, 6.07) is 14.3. The Morgan fingerprint density at radius 2 is 1.41 bits per heavy atom. The number of H-pyrrole nitrogens is 1. The quantitative estimate of drug-likeness (QED) is 0.162. The SMILES string of the molecule is CCC(C)C(NC(=O)C(Cc1ccccc1)NC(=O)C(N)Cc1ccccc1)C(=O)NC(Cc1cnc[nH]1)C(=O)O. The highest BCUT2D eigenvalue weighted by Crippen LogP contribution is 2.12. The molecule has 0 saturated carbocycles. The minimum atomic E-state index is -1.23. The lowest BCUT2D eigenvalue weighted by Crippen LogP contribution is -2.59. The molecule has 11 heteroatoms. The van der Waals surface area contributed by atoms with Crippen molar-refractivity contribution in [2.45, 2.75) is 63.7 Å². The highest BCUT2D eigenvalue weighted by Gasteiger charge is 2.33. The summed E-state index contributed by atoms with van der Waals surface area (Å²) in [7, 11) is 0. The van der Waals surface area contributed by atoms with Crippen molar-refractivity contribution in [3.8, 4) is 0 Å². The number of benzene rings is 2. The zero-order valence-corrected chi connectivity index (χ0v) is 23.2. The highest BCUT2D eigenvalue weighted by molar-refractivity contribution is 5.94. The third-order valence-electron chi connectivity index (χ3n) is 6.94. The number of nitrogens with one attached hydrogen (secondary N) is 4. The summed E-state index contributed by atoms with van der Waals surface area (Å²) in [6.45, 7) is 3.65. The monoisotopic (exact) mass is 562 g/mol. The first-order chi connectivity index (χ1) is 19.7. The minimum absolute atomic E-state index is 0.00572. The largest absolute Gasteiger partial charge is 0.480 e. The number of nitrogens with two attached hydrogens (primary N) is 1. The second-order valence-electron chi connectivity index (χ2n) is 10.1. The number of amides is 3. The van der Waals surface area contributed by atoms with Crippen LogP contribution in [-0.4, -0.2) is 62.9 Å². The molecule has 0 spiro atoms. The van der Waals surface area contributed by atoms with E-state index in [1.165, 1.54) is 12.5 Å². The number of carboxylic acid groups (broad SMARTS) is 1. The molecule has 5 unspecified atom stereocenters. The molecule has 11 nitrogen and oxygen atoms in total. The van der Waals surface area contributed by atoms with Crippen LogP contribution in [-0.2, 0) is 38.4 Å². The lowest BCUT2D eigenvalue weighted by Gasteiger charge is -2.28. The van der Waals surface area contributed by atoms with Crippen LogP contribution in [0.1, 0.15) is 37.1 Å². The fraction of sp³-hybridized carbons (Fsp3) is 0.367. The Bertz CT molecular complexity index is 1270. The van der Waals surface area contributed by atoms with Gasteiger partial charge in [-0.3, -0.25) is 14.4 Å². The lowest BCUT2D eigenvalue weighted by molar-refractivity contribution is -0.142. The number of rotatable bonds is 15. The van der Waals surface area contributed by atoms with Crippen molar-refractivity contribution in [1.82, 2.24) is 25.9 Å². The molecular formula is C30H38N6O5. The molecule has 0 aliphatic carbocycles. The molecule has 7 N–H and O–H groups in total. The minimum Gasteiger partial charge on any atom is -0.480 e. The molecule has 0 fully saturated rings. The zero-order chi connectivity index (χ0) is 29.8. The number of aliphatic carboxylic acids is 1. The third kappa shape index (κ3) is 9.57. The Hall–Kier alpha value is -4.51. The molecule has 2 aromatic carbocycles. The van der Waals surface area contributed by atoms with E-state index in [1.807, 2.05) is 67.6 Å². The number of aromatic nitrogens is 2. The van der Waals surface area contributed by atoms with Crippen LogP contribution in [0.2, 0.25) is 0 Å². The number of hydrogen-bond acceptors (Lipinski definition) is 6. The van der Waals surface area contributed by atoms with E-state index in [1.54, 1.807) is 6.92 Å². The molecule has 0 saturated heterocycles. The molecule has 0 aliphatic heterocycles. The summed E-state index contributed by atoms with van der Waals surface area (Å²) in [6.07, 6.45) is 3.89. The Morgan fingerprint density at radius 3 is 1.95 bits per heavy atom. The summed E-state index contributed by atoms with van der Waals surface area (Å²) in [4.78, 5) is 58.6. The van der Waals surface area contributed by atoms with E-state index in [-0.39, 0.29) is 25.2 Å². The second-order valence-corrected chi connectivity index (χ2v) is 10.1. The Labute approximate surface area is 239 Å². The van der Waals surface area contributed by atoms with Gasteiger partial charge in [-0.2, -0.15) is 0 Å². The number of imidazole rings is 1. The zero-order valence-electron chi connectivity index (χ0n) is 23.2. The van der Waals surface area contributed by atoms with E-state index in [0.29, 0.717) is 12.1 Å². The smallest absolute Gasteiger partial charge is 0.326 e. The summed E-state index contributed by atoms with van der Waals surface area (Å²) in [5.41, 5.74) is 8.41. The highest BCUT2D eigenvalue weighted by atomic mass is 16.4. The predicted molar refractivity (Wildman–Crippen MR) is 153 cm³/mol. The Kier molecular flexibility index (Phi) is 11.6. The van der Waals surface area contributed by atoms with Gasteiger partial charge in [0.25, 0.3) is 0 Å². The van der Waals surface area contributed by atoms with Crippen molar-refractivity contribution in [2.24, 2.45) is 11.7 Å². The van der Waals surface area contributed by atoms with Crippen LogP contribution >= 0.6 is 0 Å². The van der Waals surface area contributed by atoms with Crippen LogP contribution in [0.3, 0.4) is 0 Å². The topological polar surface area (TPSA) is 179 Å². The average Bonchev–Trinajstić information content (AvgIpc) is 3.48. The summed E-state index contributed by atoms with van der Waals surface area (Å²) in [5, 5.41) is 17.8. The summed E-state index contributed by atoms with van der Waals surface area (Å²) < 4.78 is 0. The first kappa shape index (κ1) is 31.0. The molecule has 0 aliphatic rings. The van der Waals surface area contributed by atoms with Gasteiger partial charge in [-0.1, -0.05) is 80.9 Å². The maximum Gasteiger partial charge on any atom is 0.326 e. The first-order valence-corrected chi connectivity index (χ1v) is 13.6. The van der Waals surface area contributed by atoms with Crippen LogP contribution in [0.5, 0.6) is 0 Å². The normalized spacial score (nSPS) is 14.6. The first-order valence-electron chi connectivity index (χ1n) is 13.6. The molecule has 3 amide bonds. The molecule has 0 radical (unpaired) electrons.